The third-order valence-corrected chi connectivity index (χ3v) is 4.93. The first-order chi connectivity index (χ1) is 6.24. The molecule has 2 nitrogen and oxygen atoms in total. The van der Waals surface area contributed by atoms with E-state index >= 15 is 0 Å². The number of nitrogens with zero attached hydrogens (tertiary/aromatic N) is 2. The minimum Gasteiger partial charge on any atom is -0.235 e. The summed E-state index contributed by atoms with van der Waals surface area (Å²) in [5.74, 6) is 0. The number of hydrogen-bond donors (Lipinski definition) is 0. The summed E-state index contributed by atoms with van der Waals surface area (Å²) in [5, 5.41) is 4.02. The molecule has 0 aliphatic rings. The minimum atomic E-state index is 0.897. The van der Waals surface area contributed by atoms with Gasteiger partial charge in [-0.25, -0.2) is 9.97 Å². The van der Waals surface area contributed by atoms with Crippen molar-refractivity contribution in [1.29, 1.82) is 0 Å². The third kappa shape index (κ3) is 2.52. The van der Waals surface area contributed by atoms with Gasteiger partial charge in [0.1, 0.15) is 4.60 Å². The molecule has 0 unspecified atom stereocenters. The van der Waals surface area contributed by atoms with E-state index in [1.807, 2.05) is 17.7 Å². The molecule has 0 saturated carbocycles. The van der Waals surface area contributed by atoms with Crippen molar-refractivity contribution in [3.63, 3.8) is 0 Å². The molecule has 0 saturated heterocycles. The van der Waals surface area contributed by atoms with Crippen LogP contribution in [0.1, 0.15) is 5.69 Å². The maximum Gasteiger partial charge on any atom is 0.158 e. The van der Waals surface area contributed by atoms with Crippen molar-refractivity contribution in [2.75, 3.05) is 0 Å². The summed E-state index contributed by atoms with van der Waals surface area (Å²) in [6.45, 7) is 2.00. The van der Waals surface area contributed by atoms with Gasteiger partial charge in [-0.3, -0.25) is 0 Å². The molecule has 0 amide bonds. The smallest absolute Gasteiger partial charge is 0.158 e. The highest BCUT2D eigenvalue weighted by Gasteiger charge is 2.04. The van der Waals surface area contributed by atoms with Gasteiger partial charge in [-0.1, -0.05) is 0 Å². The van der Waals surface area contributed by atoms with E-state index in [2.05, 4.69) is 25.9 Å². The van der Waals surface area contributed by atoms with Crippen LogP contribution in [0.15, 0.2) is 24.0 Å². The standard InChI is InChI=1S/C7H5BrN2S3/c1-4-2-11-6(9-4)13-7-10-5(8)3-12-7/h2-3H,1H3. The molecule has 0 spiro atoms. The quantitative estimate of drug-likeness (QED) is 0.841. The van der Waals surface area contributed by atoms with E-state index in [0.29, 0.717) is 0 Å². The Morgan fingerprint density at radius 1 is 1.23 bits per heavy atom. The molecule has 2 aromatic rings. The fourth-order valence-corrected chi connectivity index (χ4v) is 4.14. The maximum atomic E-state index is 4.35. The van der Waals surface area contributed by atoms with Gasteiger partial charge in [0.2, 0.25) is 0 Å². The average Bonchev–Trinajstić information content (AvgIpc) is 2.62. The lowest BCUT2D eigenvalue weighted by Crippen LogP contribution is -1.71. The van der Waals surface area contributed by atoms with Crippen LogP contribution in [0.25, 0.3) is 0 Å². The van der Waals surface area contributed by atoms with Crippen LogP contribution >= 0.6 is 50.4 Å². The second-order valence-corrected chi connectivity index (χ2v) is 6.32. The number of thiazole rings is 2. The van der Waals surface area contributed by atoms with Crippen LogP contribution in [0, 0.1) is 6.92 Å². The molecular formula is C7H5BrN2S3. The first-order valence-corrected chi connectivity index (χ1v) is 6.82. The zero-order chi connectivity index (χ0) is 9.26. The van der Waals surface area contributed by atoms with Gasteiger partial charge in [0.05, 0.1) is 0 Å². The Morgan fingerprint density at radius 3 is 2.46 bits per heavy atom. The Labute approximate surface area is 96.6 Å². The zero-order valence-corrected chi connectivity index (χ0v) is 10.7. The van der Waals surface area contributed by atoms with Gasteiger partial charge in [0.15, 0.2) is 8.68 Å². The lowest BCUT2D eigenvalue weighted by molar-refractivity contribution is 1.15. The Morgan fingerprint density at radius 2 is 1.92 bits per heavy atom. The molecule has 0 aliphatic carbocycles. The van der Waals surface area contributed by atoms with Crippen molar-refractivity contribution in [2.24, 2.45) is 0 Å². The van der Waals surface area contributed by atoms with Crippen LogP contribution < -0.4 is 0 Å². The molecule has 2 aromatic heterocycles. The molecule has 0 aliphatic heterocycles. The van der Waals surface area contributed by atoms with Crippen molar-refractivity contribution in [2.45, 2.75) is 15.6 Å². The van der Waals surface area contributed by atoms with Crippen molar-refractivity contribution in [3.05, 3.63) is 21.1 Å². The third-order valence-electron chi connectivity index (χ3n) is 1.23. The largest absolute Gasteiger partial charge is 0.235 e. The summed E-state index contributed by atoms with van der Waals surface area (Å²) in [6.07, 6.45) is 0. The summed E-state index contributed by atoms with van der Waals surface area (Å²) in [5.41, 5.74) is 1.07. The monoisotopic (exact) mass is 292 g/mol. The normalized spacial score (nSPS) is 10.6. The zero-order valence-electron chi connectivity index (χ0n) is 6.65. The summed E-state index contributed by atoms with van der Waals surface area (Å²) in [6, 6.07) is 0. The van der Waals surface area contributed by atoms with Crippen LogP contribution in [-0.4, -0.2) is 9.97 Å². The van der Waals surface area contributed by atoms with Crippen LogP contribution in [0.5, 0.6) is 0 Å². The fourth-order valence-electron chi connectivity index (χ4n) is 0.740. The van der Waals surface area contributed by atoms with Crippen LogP contribution in [0.4, 0.5) is 0 Å². The van der Waals surface area contributed by atoms with E-state index in [1.54, 1.807) is 34.4 Å². The summed E-state index contributed by atoms with van der Waals surface area (Å²) in [4.78, 5) is 8.63. The van der Waals surface area contributed by atoms with Crippen LogP contribution in [-0.2, 0) is 0 Å². The molecule has 0 bridgehead atoms. The highest BCUT2D eigenvalue weighted by atomic mass is 79.9. The molecule has 0 N–H and O–H groups in total. The van der Waals surface area contributed by atoms with Gasteiger partial charge in [0.25, 0.3) is 0 Å². The van der Waals surface area contributed by atoms with Gasteiger partial charge in [-0.15, -0.1) is 22.7 Å². The Hall–Kier alpha value is 0.0900. The van der Waals surface area contributed by atoms with Gasteiger partial charge in [-0.05, 0) is 34.6 Å². The van der Waals surface area contributed by atoms with E-state index in [9.17, 15) is 0 Å². The van der Waals surface area contributed by atoms with Crippen LogP contribution in [0.2, 0.25) is 0 Å². The summed E-state index contributed by atoms with van der Waals surface area (Å²) < 4.78 is 2.98. The number of hydrogen-bond acceptors (Lipinski definition) is 5. The number of halogens is 1. The summed E-state index contributed by atoms with van der Waals surface area (Å²) in [7, 11) is 0. The number of rotatable bonds is 2. The Kier molecular flexibility index (Phi) is 3.02. The first kappa shape index (κ1) is 9.64. The van der Waals surface area contributed by atoms with Crippen molar-refractivity contribution in [1.82, 2.24) is 9.97 Å². The molecule has 0 atom stereocenters. The molecule has 2 heterocycles. The number of aromatic nitrogens is 2. The molecule has 0 radical (unpaired) electrons. The van der Waals surface area contributed by atoms with E-state index in [-0.39, 0.29) is 0 Å². The van der Waals surface area contributed by atoms with Gasteiger partial charge >= 0.3 is 0 Å². The highest BCUT2D eigenvalue weighted by Crippen LogP contribution is 2.33. The van der Waals surface area contributed by atoms with E-state index < -0.39 is 0 Å². The predicted octanol–water partition coefficient (Wildman–Crippen LogP) is 3.82. The SMILES string of the molecule is Cc1csc(Sc2nc(Br)cs2)n1. The van der Waals surface area contributed by atoms with Crippen molar-refractivity contribution >= 4 is 50.4 Å². The Balaban J connectivity index is 2.14. The van der Waals surface area contributed by atoms with E-state index in [1.165, 1.54) is 0 Å². The first-order valence-electron chi connectivity index (χ1n) is 3.45. The molecule has 0 aromatic carbocycles. The fraction of sp³-hybridized carbons (Fsp3) is 0.143. The van der Waals surface area contributed by atoms with Crippen LogP contribution in [0.3, 0.4) is 0 Å². The van der Waals surface area contributed by atoms with Gasteiger partial charge in [0, 0.05) is 16.5 Å². The molecule has 2 rings (SSSR count). The van der Waals surface area contributed by atoms with Gasteiger partial charge < -0.3 is 0 Å². The van der Waals surface area contributed by atoms with Gasteiger partial charge in [-0.2, -0.15) is 0 Å². The molecule has 6 heteroatoms. The lowest BCUT2D eigenvalue weighted by Gasteiger charge is -1.87. The molecule has 68 valence electrons. The van der Waals surface area contributed by atoms with E-state index in [4.69, 9.17) is 0 Å². The predicted molar refractivity (Wildman–Crippen MR) is 60.8 cm³/mol. The Bertz CT molecular complexity index is 371. The number of aryl methyl sites for hydroxylation is 1. The van der Waals surface area contributed by atoms with Crippen molar-refractivity contribution < 1.29 is 0 Å². The van der Waals surface area contributed by atoms with Crippen molar-refractivity contribution in [3.8, 4) is 0 Å². The topological polar surface area (TPSA) is 25.8 Å². The minimum absolute atomic E-state index is 0.897. The average molecular weight is 293 g/mol. The second kappa shape index (κ2) is 4.08. The van der Waals surface area contributed by atoms with E-state index in [0.717, 1.165) is 19.0 Å². The summed E-state index contributed by atoms with van der Waals surface area (Å²) >= 11 is 8.22. The molecule has 0 fully saturated rings. The maximum absolute atomic E-state index is 4.35. The molecular weight excluding hydrogens is 288 g/mol. The lowest BCUT2D eigenvalue weighted by atomic mass is 10.6. The highest BCUT2D eigenvalue weighted by molar-refractivity contribution is 9.10. The molecule has 13 heavy (non-hydrogen) atoms. The second-order valence-electron chi connectivity index (χ2n) is 2.29.